The predicted molar refractivity (Wildman–Crippen MR) is 124 cm³/mol. The van der Waals surface area contributed by atoms with Crippen molar-refractivity contribution in [1.29, 1.82) is 0 Å². The van der Waals surface area contributed by atoms with E-state index in [9.17, 15) is 14.0 Å². The largest absolute Gasteiger partial charge is 0.326 e. The second kappa shape index (κ2) is 10.6. The summed E-state index contributed by atoms with van der Waals surface area (Å²) in [5.74, 6) is -0.797. The van der Waals surface area contributed by atoms with Crippen LogP contribution in [0.15, 0.2) is 76.1 Å². The number of carbonyl (C=O) groups is 2. The lowest BCUT2D eigenvalue weighted by Crippen LogP contribution is -2.15. The summed E-state index contributed by atoms with van der Waals surface area (Å²) < 4.78 is 14.4. The molecule has 0 aliphatic heterocycles. The van der Waals surface area contributed by atoms with E-state index in [1.165, 1.54) is 23.9 Å². The lowest BCUT2D eigenvalue weighted by molar-refractivity contribution is -0.115. The van der Waals surface area contributed by atoms with Gasteiger partial charge in [0.25, 0.3) is 0 Å². The van der Waals surface area contributed by atoms with Gasteiger partial charge in [-0.1, -0.05) is 39.7 Å². The van der Waals surface area contributed by atoms with Crippen molar-refractivity contribution in [2.45, 2.75) is 11.3 Å². The van der Waals surface area contributed by atoms with Gasteiger partial charge in [0.2, 0.25) is 11.8 Å². The Bertz CT molecular complexity index is 1050. The van der Waals surface area contributed by atoms with Crippen molar-refractivity contribution in [1.82, 2.24) is 0 Å². The third-order valence-corrected chi connectivity index (χ3v) is 5.75. The molecule has 0 heterocycles. The molecule has 3 aromatic carbocycles. The number of rotatable bonds is 7. The minimum Gasteiger partial charge on any atom is -0.326 e. The van der Waals surface area contributed by atoms with Crippen LogP contribution in [0.3, 0.4) is 0 Å². The Hall–Kier alpha value is -2.35. The van der Waals surface area contributed by atoms with Gasteiger partial charge < -0.3 is 10.6 Å². The van der Waals surface area contributed by atoms with E-state index in [1.54, 1.807) is 30.3 Å². The summed E-state index contributed by atoms with van der Waals surface area (Å²) in [7, 11) is 0. The van der Waals surface area contributed by atoms with Crippen LogP contribution in [0.1, 0.15) is 5.56 Å². The highest BCUT2D eigenvalue weighted by Gasteiger charge is 2.09. The number of halogens is 3. The quantitative estimate of drug-likeness (QED) is 0.377. The second-order valence-corrected chi connectivity index (χ2v) is 8.74. The molecule has 0 saturated carbocycles. The molecule has 30 heavy (non-hydrogen) atoms. The average Bonchev–Trinajstić information content (AvgIpc) is 2.71. The molecule has 0 bridgehead atoms. The van der Waals surface area contributed by atoms with Crippen molar-refractivity contribution in [2.24, 2.45) is 0 Å². The zero-order valence-electron chi connectivity index (χ0n) is 15.6. The van der Waals surface area contributed by atoms with E-state index in [2.05, 4.69) is 26.6 Å². The highest BCUT2D eigenvalue weighted by atomic mass is 79.9. The molecule has 3 rings (SSSR count). The van der Waals surface area contributed by atoms with Crippen LogP contribution < -0.4 is 10.6 Å². The third kappa shape index (κ3) is 6.86. The average molecular weight is 508 g/mol. The minimum atomic E-state index is -0.499. The van der Waals surface area contributed by atoms with Gasteiger partial charge in [0.05, 0.1) is 17.9 Å². The standard InChI is InChI=1S/C22H17BrClFN2O2S/c23-15-3-10-20(19(25)12-15)27-22(29)13-30-18-8-6-17(7-9-18)26-21(28)11-14-1-4-16(24)5-2-14/h1-10,12H,11,13H2,(H,26,28)(H,27,29). The SMILES string of the molecule is O=C(Cc1ccc(Cl)cc1)Nc1ccc(SCC(=O)Nc2ccc(Br)cc2F)cc1. The molecule has 0 aliphatic carbocycles. The second-order valence-electron chi connectivity index (χ2n) is 6.34. The van der Waals surface area contributed by atoms with Gasteiger partial charge in [-0.3, -0.25) is 9.59 Å². The van der Waals surface area contributed by atoms with Crippen LogP contribution in [0, 0.1) is 5.82 Å². The normalized spacial score (nSPS) is 10.5. The predicted octanol–water partition coefficient (Wildman–Crippen LogP) is 6.15. The Kier molecular flexibility index (Phi) is 7.90. The summed E-state index contributed by atoms with van der Waals surface area (Å²) >= 11 is 10.3. The summed E-state index contributed by atoms with van der Waals surface area (Å²) in [6, 6.07) is 18.8. The maximum Gasteiger partial charge on any atom is 0.234 e. The first-order valence-electron chi connectivity index (χ1n) is 8.91. The Morgan fingerprint density at radius 1 is 0.933 bits per heavy atom. The summed E-state index contributed by atoms with van der Waals surface area (Å²) in [5.41, 5.74) is 1.68. The third-order valence-electron chi connectivity index (χ3n) is 3.99. The van der Waals surface area contributed by atoms with Crippen molar-refractivity contribution >= 4 is 62.5 Å². The molecule has 2 N–H and O–H groups in total. The van der Waals surface area contributed by atoms with Crippen LogP contribution in [0.2, 0.25) is 5.02 Å². The number of nitrogens with one attached hydrogen (secondary N) is 2. The van der Waals surface area contributed by atoms with Gasteiger partial charge in [0.1, 0.15) is 5.82 Å². The zero-order valence-corrected chi connectivity index (χ0v) is 18.8. The van der Waals surface area contributed by atoms with E-state index >= 15 is 0 Å². The Labute approximate surface area is 191 Å². The van der Waals surface area contributed by atoms with Crippen LogP contribution in [0.5, 0.6) is 0 Å². The molecule has 0 saturated heterocycles. The molecule has 0 aliphatic rings. The molecule has 3 aromatic rings. The first-order valence-corrected chi connectivity index (χ1v) is 11.1. The van der Waals surface area contributed by atoms with Gasteiger partial charge in [-0.05, 0) is 60.2 Å². The molecular weight excluding hydrogens is 491 g/mol. The van der Waals surface area contributed by atoms with Crippen molar-refractivity contribution in [3.8, 4) is 0 Å². The molecule has 4 nitrogen and oxygen atoms in total. The Morgan fingerprint density at radius 2 is 1.63 bits per heavy atom. The van der Waals surface area contributed by atoms with E-state index in [0.717, 1.165) is 10.5 Å². The molecule has 154 valence electrons. The molecule has 0 fully saturated rings. The number of anilines is 2. The highest BCUT2D eigenvalue weighted by Crippen LogP contribution is 2.23. The number of thioether (sulfide) groups is 1. The maximum atomic E-state index is 13.8. The van der Waals surface area contributed by atoms with Gasteiger partial charge in [0.15, 0.2) is 0 Å². The first-order chi connectivity index (χ1) is 14.4. The van der Waals surface area contributed by atoms with Gasteiger partial charge in [0, 0.05) is 20.1 Å². The summed E-state index contributed by atoms with van der Waals surface area (Å²) in [4.78, 5) is 25.1. The highest BCUT2D eigenvalue weighted by molar-refractivity contribution is 9.10. The van der Waals surface area contributed by atoms with Crippen molar-refractivity contribution in [3.63, 3.8) is 0 Å². The summed E-state index contributed by atoms with van der Waals surface area (Å²) in [5, 5.41) is 6.01. The zero-order chi connectivity index (χ0) is 21.5. The van der Waals surface area contributed by atoms with Gasteiger partial charge in [-0.2, -0.15) is 0 Å². The molecular formula is C22H17BrClFN2O2S. The fourth-order valence-corrected chi connectivity index (χ4v) is 3.71. The Morgan fingerprint density at radius 3 is 2.30 bits per heavy atom. The number of hydrogen-bond acceptors (Lipinski definition) is 3. The Balaban J connectivity index is 1.47. The molecule has 0 atom stereocenters. The van der Waals surface area contributed by atoms with E-state index in [1.807, 2.05) is 24.3 Å². The lowest BCUT2D eigenvalue weighted by atomic mass is 10.1. The molecule has 0 radical (unpaired) electrons. The van der Waals surface area contributed by atoms with Crippen molar-refractivity contribution < 1.29 is 14.0 Å². The maximum absolute atomic E-state index is 13.8. The van der Waals surface area contributed by atoms with E-state index in [4.69, 9.17) is 11.6 Å². The summed E-state index contributed by atoms with van der Waals surface area (Å²) in [6.07, 6.45) is 0.250. The fourth-order valence-electron chi connectivity index (χ4n) is 2.55. The smallest absolute Gasteiger partial charge is 0.234 e. The monoisotopic (exact) mass is 506 g/mol. The van der Waals surface area contributed by atoms with Crippen LogP contribution in [-0.2, 0) is 16.0 Å². The number of carbonyl (C=O) groups excluding carboxylic acids is 2. The number of hydrogen-bond donors (Lipinski definition) is 2. The van der Waals surface area contributed by atoms with Crippen molar-refractivity contribution in [2.75, 3.05) is 16.4 Å². The molecule has 0 spiro atoms. The fraction of sp³-hybridized carbons (Fsp3) is 0.0909. The number of amides is 2. The van der Waals surface area contributed by atoms with E-state index in [-0.39, 0.29) is 29.7 Å². The minimum absolute atomic E-state index is 0.131. The molecule has 2 amide bonds. The summed E-state index contributed by atoms with van der Waals surface area (Å²) in [6.45, 7) is 0. The molecule has 0 unspecified atom stereocenters. The van der Waals surface area contributed by atoms with Crippen LogP contribution in [0.25, 0.3) is 0 Å². The van der Waals surface area contributed by atoms with Crippen LogP contribution in [-0.4, -0.2) is 17.6 Å². The van der Waals surface area contributed by atoms with Gasteiger partial charge in [-0.15, -0.1) is 11.8 Å². The van der Waals surface area contributed by atoms with Crippen molar-refractivity contribution in [3.05, 3.63) is 87.6 Å². The molecule has 8 heteroatoms. The van der Waals surface area contributed by atoms with Gasteiger partial charge >= 0.3 is 0 Å². The van der Waals surface area contributed by atoms with E-state index < -0.39 is 5.82 Å². The first kappa shape index (κ1) is 22.3. The van der Waals surface area contributed by atoms with Gasteiger partial charge in [-0.25, -0.2) is 4.39 Å². The van der Waals surface area contributed by atoms with Crippen LogP contribution >= 0.6 is 39.3 Å². The molecule has 0 aromatic heterocycles. The van der Waals surface area contributed by atoms with Crippen LogP contribution in [0.4, 0.5) is 15.8 Å². The lowest BCUT2D eigenvalue weighted by Gasteiger charge is -2.08. The van der Waals surface area contributed by atoms with E-state index in [0.29, 0.717) is 15.2 Å². The topological polar surface area (TPSA) is 58.2 Å². The number of benzene rings is 3.